The van der Waals surface area contributed by atoms with Crippen LogP contribution in [0.3, 0.4) is 0 Å². The van der Waals surface area contributed by atoms with Crippen molar-refractivity contribution in [3.05, 3.63) is 77.9 Å². The number of rotatable bonds is 5. The minimum Gasteiger partial charge on any atom is -0.487 e. The summed E-state index contributed by atoms with van der Waals surface area (Å²) in [4.78, 5) is 0. The first-order valence-corrected chi connectivity index (χ1v) is 14.0. The smallest absolute Gasteiger partial charge is 0.128 e. The fourth-order valence-electron chi connectivity index (χ4n) is 6.21. The lowest BCUT2D eigenvalue weighted by Crippen LogP contribution is -2.23. The van der Waals surface area contributed by atoms with Gasteiger partial charge in [0.25, 0.3) is 0 Å². The van der Waals surface area contributed by atoms with Crippen LogP contribution in [0.1, 0.15) is 108 Å². The normalized spacial score (nSPS) is 17.9. The summed E-state index contributed by atoms with van der Waals surface area (Å²) in [7, 11) is 0. The third-order valence-electron chi connectivity index (χ3n) is 8.02. The van der Waals surface area contributed by atoms with E-state index in [-0.39, 0.29) is 5.60 Å². The van der Waals surface area contributed by atoms with Crippen LogP contribution < -0.4 is 4.74 Å². The predicted molar refractivity (Wildman–Crippen MR) is 149 cm³/mol. The molecule has 0 atom stereocenters. The maximum absolute atomic E-state index is 6.51. The highest BCUT2D eigenvalue weighted by Gasteiger charge is 2.21. The van der Waals surface area contributed by atoms with Crippen molar-refractivity contribution in [1.29, 1.82) is 0 Å². The van der Waals surface area contributed by atoms with Crippen molar-refractivity contribution in [3.8, 4) is 28.0 Å². The van der Waals surface area contributed by atoms with Gasteiger partial charge >= 0.3 is 0 Å². The second kappa shape index (κ2) is 10.6. The first kappa shape index (κ1) is 24.2. The molecule has 0 saturated heterocycles. The lowest BCUT2D eigenvalue weighted by Gasteiger charge is -2.26. The molecule has 0 unspecified atom stereocenters. The largest absolute Gasteiger partial charge is 0.487 e. The van der Waals surface area contributed by atoms with Crippen molar-refractivity contribution in [2.75, 3.05) is 0 Å². The average molecular weight is 467 g/mol. The predicted octanol–water partition coefficient (Wildman–Crippen LogP) is 10.3. The maximum Gasteiger partial charge on any atom is 0.128 e. The molecule has 2 saturated carbocycles. The summed E-state index contributed by atoms with van der Waals surface area (Å²) in [6.07, 6.45) is 13.6. The summed E-state index contributed by atoms with van der Waals surface area (Å²) in [5.41, 5.74) is 7.75. The number of ether oxygens (including phenoxy) is 1. The zero-order valence-corrected chi connectivity index (χ0v) is 22.0. The fraction of sp³-hybridized carbons (Fsp3) is 0.471. The lowest BCUT2D eigenvalue weighted by atomic mass is 9.83. The molecule has 0 aliphatic heterocycles. The molecule has 0 aromatic heterocycles. The van der Waals surface area contributed by atoms with Gasteiger partial charge in [-0.15, -0.1) is 0 Å². The highest BCUT2D eigenvalue weighted by atomic mass is 16.5. The van der Waals surface area contributed by atoms with Crippen LogP contribution in [0.5, 0.6) is 5.75 Å². The second-order valence-corrected chi connectivity index (χ2v) is 11.8. The number of hydrogen-bond acceptors (Lipinski definition) is 1. The first-order chi connectivity index (χ1) is 17.0. The summed E-state index contributed by atoms with van der Waals surface area (Å²) in [5, 5.41) is 0. The van der Waals surface area contributed by atoms with E-state index in [4.69, 9.17) is 4.74 Å². The highest BCUT2D eigenvalue weighted by Crippen LogP contribution is 2.42. The van der Waals surface area contributed by atoms with E-state index in [0.29, 0.717) is 0 Å². The van der Waals surface area contributed by atoms with E-state index in [1.54, 1.807) is 0 Å². The van der Waals surface area contributed by atoms with Crippen LogP contribution in [0, 0.1) is 0 Å². The Labute approximate surface area is 212 Å². The molecule has 3 aromatic rings. The third-order valence-corrected chi connectivity index (χ3v) is 8.02. The van der Waals surface area contributed by atoms with Gasteiger partial charge in [0.1, 0.15) is 11.4 Å². The van der Waals surface area contributed by atoms with E-state index in [0.717, 1.165) is 17.6 Å². The van der Waals surface area contributed by atoms with E-state index in [9.17, 15) is 0 Å². The Morgan fingerprint density at radius 3 is 1.54 bits per heavy atom. The molecule has 0 heterocycles. The van der Waals surface area contributed by atoms with E-state index >= 15 is 0 Å². The molecule has 2 aliphatic rings. The number of benzene rings is 3. The SMILES string of the molecule is CC(C)(C)Oc1cccc(-c2ccc(C3CCCCC3)cc2)c1-c1ccc(C2CCCCC2)cc1. The molecule has 1 nitrogen and oxygen atoms in total. The quantitative estimate of drug-likeness (QED) is 0.363. The molecule has 5 rings (SSSR count). The highest BCUT2D eigenvalue weighted by molar-refractivity contribution is 5.87. The Kier molecular flexibility index (Phi) is 7.32. The van der Waals surface area contributed by atoms with Gasteiger partial charge in [-0.1, -0.05) is 99.2 Å². The van der Waals surface area contributed by atoms with Crippen molar-refractivity contribution in [2.45, 2.75) is 102 Å². The topological polar surface area (TPSA) is 9.23 Å². The van der Waals surface area contributed by atoms with Gasteiger partial charge in [0.2, 0.25) is 0 Å². The standard InChI is InChI=1S/C34H42O/c1-34(2,3)35-32-16-10-15-31(29-21-17-27(18-22-29)25-11-6-4-7-12-25)33(32)30-23-19-28(20-24-30)26-13-8-5-9-14-26/h10,15-26H,4-9,11-14H2,1-3H3. The molecule has 184 valence electrons. The van der Waals surface area contributed by atoms with E-state index in [1.807, 2.05) is 0 Å². The molecule has 1 heteroatoms. The van der Waals surface area contributed by atoms with Gasteiger partial charge in [-0.2, -0.15) is 0 Å². The minimum absolute atomic E-state index is 0.250. The molecular weight excluding hydrogens is 424 g/mol. The summed E-state index contributed by atoms with van der Waals surface area (Å²) in [6, 6.07) is 25.3. The summed E-state index contributed by atoms with van der Waals surface area (Å²) in [5.74, 6) is 2.43. The van der Waals surface area contributed by atoms with Gasteiger partial charge in [0, 0.05) is 5.56 Å². The Morgan fingerprint density at radius 2 is 1.06 bits per heavy atom. The monoisotopic (exact) mass is 466 g/mol. The van der Waals surface area contributed by atoms with Crippen molar-refractivity contribution in [2.24, 2.45) is 0 Å². The van der Waals surface area contributed by atoms with Crippen LogP contribution in [-0.2, 0) is 0 Å². The maximum atomic E-state index is 6.51. The summed E-state index contributed by atoms with van der Waals surface area (Å²) >= 11 is 0. The molecule has 0 bridgehead atoms. The van der Waals surface area contributed by atoms with Gasteiger partial charge < -0.3 is 4.74 Å². The van der Waals surface area contributed by atoms with E-state index in [1.165, 1.54) is 97.6 Å². The minimum atomic E-state index is -0.250. The summed E-state index contributed by atoms with van der Waals surface area (Å²) in [6.45, 7) is 6.40. The Morgan fingerprint density at radius 1 is 0.571 bits per heavy atom. The third kappa shape index (κ3) is 5.83. The Bertz CT molecular complexity index is 1090. The molecule has 2 aliphatic carbocycles. The summed E-state index contributed by atoms with van der Waals surface area (Å²) < 4.78 is 6.51. The number of hydrogen-bond donors (Lipinski definition) is 0. The molecule has 35 heavy (non-hydrogen) atoms. The van der Waals surface area contributed by atoms with Gasteiger partial charge in [-0.05, 0) is 92.2 Å². The zero-order valence-electron chi connectivity index (χ0n) is 22.0. The average Bonchev–Trinajstić information content (AvgIpc) is 2.89. The van der Waals surface area contributed by atoms with E-state index in [2.05, 4.69) is 87.5 Å². The fourth-order valence-corrected chi connectivity index (χ4v) is 6.21. The lowest BCUT2D eigenvalue weighted by molar-refractivity contribution is 0.132. The van der Waals surface area contributed by atoms with Gasteiger partial charge in [-0.25, -0.2) is 0 Å². The van der Waals surface area contributed by atoms with Gasteiger partial charge in [0.05, 0.1) is 0 Å². The van der Waals surface area contributed by atoms with Crippen molar-refractivity contribution >= 4 is 0 Å². The Hall–Kier alpha value is -2.54. The van der Waals surface area contributed by atoms with Crippen LogP contribution in [0.4, 0.5) is 0 Å². The van der Waals surface area contributed by atoms with Crippen molar-refractivity contribution in [1.82, 2.24) is 0 Å². The molecule has 0 spiro atoms. The van der Waals surface area contributed by atoms with Crippen molar-refractivity contribution < 1.29 is 4.74 Å². The van der Waals surface area contributed by atoms with Crippen LogP contribution in [0.2, 0.25) is 0 Å². The molecule has 0 N–H and O–H groups in total. The second-order valence-electron chi connectivity index (χ2n) is 11.8. The molecular formula is C34H42O. The van der Waals surface area contributed by atoms with Crippen LogP contribution in [0.15, 0.2) is 66.7 Å². The van der Waals surface area contributed by atoms with Crippen LogP contribution >= 0.6 is 0 Å². The van der Waals surface area contributed by atoms with Crippen LogP contribution in [0.25, 0.3) is 22.3 Å². The van der Waals surface area contributed by atoms with Crippen molar-refractivity contribution in [3.63, 3.8) is 0 Å². The molecule has 2 fully saturated rings. The van der Waals surface area contributed by atoms with Gasteiger partial charge in [-0.3, -0.25) is 0 Å². The molecule has 3 aromatic carbocycles. The van der Waals surface area contributed by atoms with Crippen LogP contribution in [-0.4, -0.2) is 5.60 Å². The van der Waals surface area contributed by atoms with Gasteiger partial charge in [0.15, 0.2) is 0 Å². The molecule has 0 radical (unpaired) electrons. The first-order valence-electron chi connectivity index (χ1n) is 14.0. The molecule has 0 amide bonds. The zero-order chi connectivity index (χ0) is 24.3. The van der Waals surface area contributed by atoms with E-state index < -0.39 is 0 Å². The Balaban J connectivity index is 1.51.